The first kappa shape index (κ1) is 41.4. The van der Waals surface area contributed by atoms with Gasteiger partial charge in [-0.15, -0.1) is 0 Å². The molecule has 4 aromatic rings. The highest BCUT2D eigenvalue weighted by molar-refractivity contribution is 5.96. The van der Waals surface area contributed by atoms with E-state index in [0.717, 1.165) is 17.7 Å². The number of esters is 1. The minimum Gasteiger partial charge on any atom is -0.508 e. The van der Waals surface area contributed by atoms with Crippen LogP contribution in [-0.2, 0) is 38.4 Å². The van der Waals surface area contributed by atoms with Gasteiger partial charge < -0.3 is 34.7 Å². The molecule has 0 spiro atoms. The molecule has 58 heavy (non-hydrogen) atoms. The van der Waals surface area contributed by atoms with Gasteiger partial charge in [0, 0.05) is 61.8 Å². The third kappa shape index (κ3) is 8.51. The largest absolute Gasteiger partial charge is 0.508 e. The molecular weight excluding hydrogens is 758 g/mol. The number of rotatable bonds is 5. The highest BCUT2D eigenvalue weighted by atomic mass is 19.4. The van der Waals surface area contributed by atoms with Crippen LogP contribution < -0.4 is 16.1 Å². The molecule has 0 saturated carbocycles. The van der Waals surface area contributed by atoms with E-state index in [4.69, 9.17) is 20.2 Å². The lowest BCUT2D eigenvalue weighted by Crippen LogP contribution is -2.59. The Kier molecular flexibility index (Phi) is 11.5. The Hall–Kier alpha value is -4.77. The molecule has 3 aliphatic heterocycles. The molecule has 4 N–H and O–H groups in total. The molecule has 6 bridgehead atoms. The van der Waals surface area contributed by atoms with E-state index in [1.807, 2.05) is 13.1 Å². The predicted molar refractivity (Wildman–Crippen MR) is 211 cm³/mol. The Balaban J connectivity index is 1.51. The van der Waals surface area contributed by atoms with Crippen molar-refractivity contribution in [2.45, 2.75) is 77.4 Å². The number of nitrogens with zero attached hydrogens (tertiary/aromatic N) is 5. The number of anilines is 1. The number of nitrogens with one attached hydrogen (secondary N) is 1. The first-order valence-electron chi connectivity index (χ1n) is 19.6. The maximum atomic E-state index is 17.6. The van der Waals surface area contributed by atoms with Gasteiger partial charge in [0.15, 0.2) is 0 Å². The van der Waals surface area contributed by atoms with E-state index in [1.165, 1.54) is 36.4 Å². The van der Waals surface area contributed by atoms with Gasteiger partial charge in [-0.2, -0.15) is 13.2 Å². The van der Waals surface area contributed by atoms with Crippen molar-refractivity contribution in [3.05, 3.63) is 65.2 Å². The minimum absolute atomic E-state index is 0.00582. The lowest BCUT2D eigenvalue weighted by Gasteiger charge is -2.35. The van der Waals surface area contributed by atoms with Crippen LogP contribution >= 0.6 is 0 Å². The number of alkyl halides is 3. The molecule has 12 nitrogen and oxygen atoms in total. The number of piperazine rings is 1. The molecule has 7 rings (SSSR count). The summed E-state index contributed by atoms with van der Waals surface area (Å²) < 4.78 is 74.8. The molecule has 2 saturated heterocycles. The average molecular weight is 810 g/mol. The normalized spacial score (nSPS) is 21.6. The summed E-state index contributed by atoms with van der Waals surface area (Å²) in [4.78, 5) is 36.1. The quantitative estimate of drug-likeness (QED) is 0.170. The highest BCUT2D eigenvalue weighted by Gasteiger charge is 2.38. The topological polar surface area (TPSA) is 138 Å². The summed E-state index contributed by atoms with van der Waals surface area (Å²) in [6.45, 7) is 6.98. The van der Waals surface area contributed by atoms with Gasteiger partial charge in [-0.05, 0) is 86.7 Å². The number of carbonyl (C=O) groups excluding carboxylic acids is 2. The number of ether oxygens (including phenoxy) is 2. The number of hydrazine groups is 1. The van der Waals surface area contributed by atoms with Crippen molar-refractivity contribution >= 4 is 28.5 Å². The summed E-state index contributed by atoms with van der Waals surface area (Å²) in [5, 5.41) is 12.1. The van der Waals surface area contributed by atoms with Gasteiger partial charge >= 0.3 is 12.1 Å². The van der Waals surface area contributed by atoms with Crippen molar-refractivity contribution in [1.82, 2.24) is 24.9 Å². The fourth-order valence-corrected chi connectivity index (χ4v) is 8.35. The first-order chi connectivity index (χ1) is 27.4. The molecule has 0 aliphatic carbocycles. The second kappa shape index (κ2) is 16.1. The molecule has 3 atom stereocenters. The van der Waals surface area contributed by atoms with Crippen LogP contribution in [0.1, 0.15) is 56.5 Å². The standard InChI is InChI=1S/C42H51F4N7O5/c1-24(57-5)37-30(19-27(21-48-37)51-13-11-50(4)12-14-51)38-31-20-41(2,3)23-58-40(56)33-7-6-10-53(49-33)39(55)32(47)17-25-15-26(18-28(54)16-25)29-8-9-34(35(31)36(29)43)52(38)22-42(44,45)46/h8-9,15-16,18-19,21,24,32-33,49,54H,6-7,10-14,17,20,22-23,47H2,1-5H3/t24-,32-,33-/m0/s1. The van der Waals surface area contributed by atoms with Gasteiger partial charge in [0.2, 0.25) is 0 Å². The smallest absolute Gasteiger partial charge is 0.406 e. The second-order valence-electron chi connectivity index (χ2n) is 16.6. The number of benzene rings is 2. The second-order valence-corrected chi connectivity index (χ2v) is 16.6. The van der Waals surface area contributed by atoms with Gasteiger partial charge in [-0.1, -0.05) is 19.9 Å². The summed E-state index contributed by atoms with van der Waals surface area (Å²) in [6.07, 6.45) is -2.80. The summed E-state index contributed by atoms with van der Waals surface area (Å²) >= 11 is 0. The molecule has 2 aromatic heterocycles. The number of phenolic OH excluding ortho intramolecular Hbond substituents is 1. The maximum Gasteiger partial charge on any atom is 0.406 e. The van der Waals surface area contributed by atoms with Gasteiger partial charge in [0.25, 0.3) is 5.91 Å². The number of phenols is 1. The number of halogens is 4. The molecule has 2 fully saturated rings. The van der Waals surface area contributed by atoms with Crippen molar-refractivity contribution in [3.8, 4) is 28.1 Å². The molecule has 3 aliphatic rings. The van der Waals surface area contributed by atoms with Gasteiger partial charge in [0.1, 0.15) is 24.2 Å². The fraction of sp³-hybridized carbons (Fsp3) is 0.500. The van der Waals surface area contributed by atoms with E-state index in [2.05, 4.69) is 15.2 Å². The Morgan fingerprint density at radius 3 is 2.53 bits per heavy atom. The predicted octanol–water partition coefficient (Wildman–Crippen LogP) is 5.73. The van der Waals surface area contributed by atoms with Crippen molar-refractivity contribution in [2.24, 2.45) is 11.1 Å². The number of aromatic hydroxyl groups is 1. The van der Waals surface area contributed by atoms with Crippen molar-refractivity contribution in [2.75, 3.05) is 58.4 Å². The lowest BCUT2D eigenvalue weighted by molar-refractivity contribution is -0.155. The summed E-state index contributed by atoms with van der Waals surface area (Å²) in [6, 6.07) is 7.18. The van der Waals surface area contributed by atoms with Crippen LogP contribution in [-0.4, -0.2) is 108 Å². The van der Waals surface area contributed by atoms with Crippen molar-refractivity contribution in [1.29, 1.82) is 0 Å². The van der Waals surface area contributed by atoms with Crippen LogP contribution in [0.15, 0.2) is 42.6 Å². The van der Waals surface area contributed by atoms with E-state index in [-0.39, 0.29) is 58.5 Å². The van der Waals surface area contributed by atoms with E-state index < -0.39 is 54.0 Å². The molecule has 0 radical (unpaired) electrons. The Bertz CT molecular complexity index is 2200. The van der Waals surface area contributed by atoms with E-state index >= 15 is 4.39 Å². The summed E-state index contributed by atoms with van der Waals surface area (Å²) in [5.74, 6) is -2.07. The van der Waals surface area contributed by atoms with Gasteiger partial charge in [0.05, 0.1) is 47.5 Å². The van der Waals surface area contributed by atoms with Gasteiger partial charge in [-0.25, -0.2) is 9.82 Å². The van der Waals surface area contributed by atoms with E-state index in [9.17, 15) is 27.9 Å². The zero-order chi connectivity index (χ0) is 41.7. The lowest BCUT2D eigenvalue weighted by atomic mass is 9.83. The van der Waals surface area contributed by atoms with Crippen LogP contribution in [0.25, 0.3) is 33.3 Å². The van der Waals surface area contributed by atoms with E-state index in [0.29, 0.717) is 55.0 Å². The number of cyclic esters (lactones) is 1. The number of methoxy groups -OCH3 is 1. The summed E-state index contributed by atoms with van der Waals surface area (Å²) in [5.41, 5.74) is 11.0. The number of likely N-dealkylation sites (N-methyl/N-ethyl adjacent to an activating group) is 1. The average Bonchev–Trinajstić information content (AvgIpc) is 3.46. The third-order valence-corrected chi connectivity index (χ3v) is 11.4. The number of amides is 1. The molecule has 2 aromatic carbocycles. The van der Waals surface area contributed by atoms with Crippen LogP contribution in [0.4, 0.5) is 23.2 Å². The van der Waals surface area contributed by atoms with Crippen LogP contribution in [0.2, 0.25) is 0 Å². The molecule has 312 valence electrons. The maximum absolute atomic E-state index is 17.6. The first-order valence-corrected chi connectivity index (χ1v) is 19.6. The summed E-state index contributed by atoms with van der Waals surface area (Å²) in [7, 11) is 3.52. The zero-order valence-electron chi connectivity index (χ0n) is 33.5. The Labute approximate surface area is 334 Å². The van der Waals surface area contributed by atoms with Crippen LogP contribution in [0, 0.1) is 11.2 Å². The fourth-order valence-electron chi connectivity index (χ4n) is 8.35. The van der Waals surface area contributed by atoms with E-state index in [1.54, 1.807) is 33.0 Å². The molecular formula is C42H51F4N7O5. The number of fused-ring (bicyclic) bond motifs is 6. The number of hydrogen-bond acceptors (Lipinski definition) is 10. The third-order valence-electron chi connectivity index (χ3n) is 11.4. The number of hydrogen-bond donors (Lipinski definition) is 3. The number of pyridine rings is 1. The SMILES string of the molecule is CO[C@@H](C)c1ncc(N2CCN(C)CC2)cc1-c1c2c3c(F)c(ccc3n1CC(F)(F)F)-c1cc(O)cc(c1)C[C@H](N)C(=O)N1CCC[C@H](N1)C(=O)OCC(C)(C)C2. The van der Waals surface area contributed by atoms with Gasteiger partial charge in [-0.3, -0.25) is 19.6 Å². The van der Waals surface area contributed by atoms with Crippen molar-refractivity contribution in [3.63, 3.8) is 0 Å². The monoisotopic (exact) mass is 809 g/mol. The molecule has 5 heterocycles. The number of carbonyl (C=O) groups is 2. The highest BCUT2D eigenvalue weighted by Crippen LogP contribution is 2.45. The van der Waals surface area contributed by atoms with Crippen LogP contribution in [0.3, 0.4) is 0 Å². The van der Waals surface area contributed by atoms with Crippen molar-refractivity contribution < 1.29 is 41.7 Å². The number of nitrogens with two attached hydrogens (primary N) is 1. The minimum atomic E-state index is -4.71. The Morgan fingerprint density at radius 2 is 1.83 bits per heavy atom. The zero-order valence-corrected chi connectivity index (χ0v) is 33.5. The molecule has 16 heteroatoms. The molecule has 0 unspecified atom stereocenters. The number of aromatic nitrogens is 2. The van der Waals surface area contributed by atoms with Crippen LogP contribution in [0.5, 0.6) is 5.75 Å². The molecule has 1 amide bonds. The Morgan fingerprint density at radius 1 is 1.09 bits per heavy atom.